The zero-order valence-corrected chi connectivity index (χ0v) is 12.7. The Kier molecular flexibility index (Phi) is 7.51. The number of nitro benzene ring substituents is 1. The summed E-state index contributed by atoms with van der Waals surface area (Å²) < 4.78 is 5.46. The molecule has 1 rings (SSSR count). The van der Waals surface area contributed by atoms with Crippen molar-refractivity contribution in [3.8, 4) is 0 Å². The fourth-order valence-corrected chi connectivity index (χ4v) is 1.96. The van der Waals surface area contributed by atoms with Gasteiger partial charge < -0.3 is 10.1 Å². The number of hydrogen-bond acceptors (Lipinski definition) is 4. The summed E-state index contributed by atoms with van der Waals surface area (Å²) in [7, 11) is 0. The highest BCUT2D eigenvalue weighted by Crippen LogP contribution is 2.25. The average molecular weight is 301 g/mol. The van der Waals surface area contributed by atoms with Gasteiger partial charge in [0.15, 0.2) is 0 Å². The van der Waals surface area contributed by atoms with E-state index in [1.54, 1.807) is 12.1 Å². The van der Waals surface area contributed by atoms with Crippen molar-refractivity contribution in [2.45, 2.75) is 26.8 Å². The van der Waals surface area contributed by atoms with Gasteiger partial charge in [-0.15, -0.1) is 0 Å². The maximum atomic E-state index is 10.9. The Morgan fingerprint density at radius 2 is 2.20 bits per heavy atom. The second-order valence-electron chi connectivity index (χ2n) is 4.99. The van der Waals surface area contributed by atoms with Gasteiger partial charge in [-0.05, 0) is 24.9 Å². The second kappa shape index (κ2) is 8.89. The molecule has 6 heteroatoms. The Balaban J connectivity index is 2.33. The number of hydrogen-bond donors (Lipinski definition) is 1. The van der Waals surface area contributed by atoms with Crippen molar-refractivity contribution >= 4 is 17.3 Å². The van der Waals surface area contributed by atoms with Crippen LogP contribution in [0, 0.1) is 16.0 Å². The van der Waals surface area contributed by atoms with E-state index in [1.165, 1.54) is 6.07 Å². The number of benzene rings is 1. The number of ether oxygens (including phenoxy) is 1. The molecule has 0 aromatic heterocycles. The predicted molar refractivity (Wildman–Crippen MR) is 80.1 cm³/mol. The molecule has 0 aliphatic rings. The van der Waals surface area contributed by atoms with Crippen LogP contribution in [0.1, 0.15) is 25.8 Å². The molecule has 0 aliphatic carbocycles. The van der Waals surface area contributed by atoms with Crippen LogP contribution in [0.25, 0.3) is 0 Å². The molecule has 0 heterocycles. The maximum absolute atomic E-state index is 10.9. The third-order valence-electron chi connectivity index (χ3n) is 2.69. The Hall–Kier alpha value is -1.17. The van der Waals surface area contributed by atoms with Crippen molar-refractivity contribution in [3.05, 3.63) is 38.9 Å². The molecule has 0 amide bonds. The van der Waals surface area contributed by atoms with E-state index in [2.05, 4.69) is 19.2 Å². The third-order valence-corrected chi connectivity index (χ3v) is 3.04. The average Bonchev–Trinajstić information content (AvgIpc) is 2.38. The second-order valence-corrected chi connectivity index (χ2v) is 5.40. The number of rotatable bonds is 9. The Morgan fingerprint density at radius 1 is 1.45 bits per heavy atom. The van der Waals surface area contributed by atoms with E-state index < -0.39 is 4.92 Å². The van der Waals surface area contributed by atoms with Crippen molar-refractivity contribution < 1.29 is 9.66 Å². The van der Waals surface area contributed by atoms with E-state index in [-0.39, 0.29) is 5.69 Å². The van der Waals surface area contributed by atoms with Crippen molar-refractivity contribution in [2.75, 3.05) is 19.8 Å². The molecule has 5 nitrogen and oxygen atoms in total. The molecular weight excluding hydrogens is 280 g/mol. The minimum Gasteiger partial charge on any atom is -0.381 e. The topological polar surface area (TPSA) is 64.4 Å². The van der Waals surface area contributed by atoms with Gasteiger partial charge >= 0.3 is 0 Å². The van der Waals surface area contributed by atoms with Crippen LogP contribution in [0.2, 0.25) is 5.02 Å². The molecule has 0 spiro atoms. The highest BCUT2D eigenvalue weighted by atomic mass is 35.5. The molecule has 1 aromatic carbocycles. The van der Waals surface area contributed by atoms with Crippen LogP contribution >= 0.6 is 11.6 Å². The summed E-state index contributed by atoms with van der Waals surface area (Å²) in [5, 5.41) is 14.5. The molecule has 0 bridgehead atoms. The number of nitro groups is 1. The summed E-state index contributed by atoms with van der Waals surface area (Å²) in [6, 6.07) is 4.72. The van der Waals surface area contributed by atoms with E-state index in [9.17, 15) is 10.1 Å². The molecule has 0 atom stereocenters. The van der Waals surface area contributed by atoms with Gasteiger partial charge in [0.2, 0.25) is 0 Å². The van der Waals surface area contributed by atoms with Gasteiger partial charge in [0.05, 0.1) is 15.5 Å². The Morgan fingerprint density at radius 3 is 2.85 bits per heavy atom. The predicted octanol–water partition coefficient (Wildman–Crippen LogP) is 3.40. The molecule has 112 valence electrons. The van der Waals surface area contributed by atoms with E-state index in [0.717, 1.165) is 19.6 Å². The van der Waals surface area contributed by atoms with Crippen molar-refractivity contribution in [3.63, 3.8) is 0 Å². The van der Waals surface area contributed by atoms with Crippen LogP contribution in [0.3, 0.4) is 0 Å². The van der Waals surface area contributed by atoms with E-state index in [0.29, 0.717) is 29.7 Å². The largest absolute Gasteiger partial charge is 0.381 e. The SMILES string of the molecule is CC(C)COCCCNCc1c(Cl)cccc1[N+](=O)[O-]. The normalized spacial score (nSPS) is 11.0. The van der Waals surface area contributed by atoms with Gasteiger partial charge in [0.1, 0.15) is 0 Å². The van der Waals surface area contributed by atoms with Crippen LogP contribution in [0.15, 0.2) is 18.2 Å². The van der Waals surface area contributed by atoms with Gasteiger partial charge in [-0.2, -0.15) is 0 Å². The molecule has 0 aliphatic heterocycles. The number of nitrogens with zero attached hydrogens (tertiary/aromatic N) is 1. The summed E-state index contributed by atoms with van der Waals surface area (Å²) >= 11 is 6.00. The molecule has 20 heavy (non-hydrogen) atoms. The van der Waals surface area contributed by atoms with E-state index in [1.807, 2.05) is 0 Å². The highest BCUT2D eigenvalue weighted by Gasteiger charge is 2.15. The van der Waals surface area contributed by atoms with Crippen LogP contribution in [-0.2, 0) is 11.3 Å². The van der Waals surface area contributed by atoms with E-state index >= 15 is 0 Å². The van der Waals surface area contributed by atoms with Crippen LogP contribution in [0.4, 0.5) is 5.69 Å². The molecule has 0 radical (unpaired) electrons. The van der Waals surface area contributed by atoms with Gasteiger partial charge in [-0.3, -0.25) is 10.1 Å². The lowest BCUT2D eigenvalue weighted by atomic mass is 10.2. The first-order chi connectivity index (χ1) is 9.52. The Labute approximate surface area is 124 Å². The zero-order chi connectivity index (χ0) is 15.0. The van der Waals surface area contributed by atoms with Gasteiger partial charge in [0.25, 0.3) is 5.69 Å². The molecule has 0 saturated heterocycles. The van der Waals surface area contributed by atoms with Gasteiger partial charge in [-0.1, -0.05) is 31.5 Å². The van der Waals surface area contributed by atoms with E-state index in [4.69, 9.17) is 16.3 Å². The first-order valence-electron chi connectivity index (χ1n) is 6.72. The number of halogens is 1. The minimum atomic E-state index is -0.408. The summed E-state index contributed by atoms with van der Waals surface area (Å²) in [5.74, 6) is 0.536. The zero-order valence-electron chi connectivity index (χ0n) is 11.9. The summed E-state index contributed by atoms with van der Waals surface area (Å²) in [6.45, 7) is 6.79. The fraction of sp³-hybridized carbons (Fsp3) is 0.571. The molecule has 0 unspecified atom stereocenters. The lowest BCUT2D eigenvalue weighted by Gasteiger charge is -2.09. The summed E-state index contributed by atoms with van der Waals surface area (Å²) in [4.78, 5) is 10.5. The molecule has 1 aromatic rings. The lowest BCUT2D eigenvalue weighted by Crippen LogP contribution is -2.18. The monoisotopic (exact) mass is 300 g/mol. The van der Waals surface area contributed by atoms with Gasteiger partial charge in [0, 0.05) is 25.8 Å². The quantitative estimate of drug-likeness (QED) is 0.431. The van der Waals surface area contributed by atoms with Crippen molar-refractivity contribution in [1.29, 1.82) is 0 Å². The van der Waals surface area contributed by atoms with Crippen LogP contribution < -0.4 is 5.32 Å². The van der Waals surface area contributed by atoms with Crippen LogP contribution in [0.5, 0.6) is 0 Å². The van der Waals surface area contributed by atoms with Crippen molar-refractivity contribution in [1.82, 2.24) is 5.32 Å². The molecule has 0 saturated carbocycles. The smallest absolute Gasteiger partial charge is 0.275 e. The lowest BCUT2D eigenvalue weighted by molar-refractivity contribution is -0.385. The molecule has 1 N–H and O–H groups in total. The summed E-state index contributed by atoms with van der Waals surface area (Å²) in [6.07, 6.45) is 0.866. The standard InChI is InChI=1S/C14H21ClN2O3/c1-11(2)10-20-8-4-7-16-9-12-13(15)5-3-6-14(12)17(18)19/h3,5-6,11,16H,4,7-10H2,1-2H3. The fourth-order valence-electron chi connectivity index (χ4n) is 1.72. The molecule has 0 fully saturated rings. The highest BCUT2D eigenvalue weighted by molar-refractivity contribution is 6.31. The van der Waals surface area contributed by atoms with Crippen LogP contribution in [-0.4, -0.2) is 24.7 Å². The first-order valence-corrected chi connectivity index (χ1v) is 7.10. The van der Waals surface area contributed by atoms with Gasteiger partial charge in [-0.25, -0.2) is 0 Å². The third kappa shape index (κ3) is 5.86. The molecular formula is C14H21ClN2O3. The van der Waals surface area contributed by atoms with Crippen molar-refractivity contribution in [2.24, 2.45) is 5.92 Å². The maximum Gasteiger partial charge on any atom is 0.275 e. The number of nitrogens with one attached hydrogen (secondary N) is 1. The minimum absolute atomic E-state index is 0.0565. The summed E-state index contributed by atoms with van der Waals surface area (Å²) in [5.41, 5.74) is 0.586. The Bertz CT molecular complexity index is 438. The first kappa shape index (κ1) is 16.9.